The number of aryl methyl sites for hydroxylation is 1. The Hall–Kier alpha value is -1.86. The van der Waals surface area contributed by atoms with E-state index >= 15 is 0 Å². The number of rotatable bonds is 1. The zero-order valence-electron chi connectivity index (χ0n) is 7.86. The van der Waals surface area contributed by atoms with Gasteiger partial charge in [0.1, 0.15) is 5.82 Å². The number of nitriles is 1. The topological polar surface area (TPSA) is 67.6 Å². The maximum Gasteiger partial charge on any atom is 0.123 e. The molecule has 0 saturated heterocycles. The summed E-state index contributed by atoms with van der Waals surface area (Å²) in [6, 6.07) is 7.52. The van der Waals surface area contributed by atoms with E-state index in [1.165, 1.54) is 0 Å². The fraction of sp³-hybridized carbons (Fsp3) is 0.200. The third kappa shape index (κ3) is 1.15. The molecule has 0 bridgehead atoms. The van der Waals surface area contributed by atoms with Crippen molar-refractivity contribution in [2.75, 3.05) is 0 Å². The van der Waals surface area contributed by atoms with Crippen LogP contribution in [0.4, 0.5) is 0 Å². The second-order valence-corrected chi connectivity index (χ2v) is 3.11. The molecule has 4 nitrogen and oxygen atoms in total. The van der Waals surface area contributed by atoms with E-state index in [1.807, 2.05) is 23.7 Å². The minimum atomic E-state index is 0.410. The molecule has 2 N–H and O–H groups in total. The molecule has 1 aromatic heterocycles. The van der Waals surface area contributed by atoms with Crippen LogP contribution in [0.15, 0.2) is 18.2 Å². The maximum absolute atomic E-state index is 8.75. The number of imidazole rings is 1. The molecule has 0 unspecified atom stereocenters. The second-order valence-electron chi connectivity index (χ2n) is 3.11. The van der Waals surface area contributed by atoms with Crippen molar-refractivity contribution in [3.8, 4) is 6.07 Å². The van der Waals surface area contributed by atoms with Crippen LogP contribution in [0, 0.1) is 11.3 Å². The van der Waals surface area contributed by atoms with Gasteiger partial charge in [0.05, 0.1) is 29.2 Å². The summed E-state index contributed by atoms with van der Waals surface area (Å²) >= 11 is 0. The van der Waals surface area contributed by atoms with E-state index in [0.29, 0.717) is 12.1 Å². The first-order valence-electron chi connectivity index (χ1n) is 4.32. The smallest absolute Gasteiger partial charge is 0.123 e. The van der Waals surface area contributed by atoms with Crippen LogP contribution in [0.1, 0.15) is 11.4 Å². The lowest BCUT2D eigenvalue weighted by Gasteiger charge is -1.97. The molecule has 0 radical (unpaired) electrons. The van der Waals surface area contributed by atoms with Crippen molar-refractivity contribution < 1.29 is 0 Å². The summed E-state index contributed by atoms with van der Waals surface area (Å²) in [5.41, 5.74) is 8.01. The lowest BCUT2D eigenvalue weighted by atomic mass is 10.2. The van der Waals surface area contributed by atoms with E-state index in [0.717, 1.165) is 16.9 Å². The summed E-state index contributed by atoms with van der Waals surface area (Å²) in [5.74, 6) is 0.829. The number of aromatic nitrogens is 2. The molecule has 0 aliphatic carbocycles. The van der Waals surface area contributed by atoms with E-state index in [1.54, 1.807) is 6.07 Å². The van der Waals surface area contributed by atoms with Crippen LogP contribution in [0.2, 0.25) is 0 Å². The molecule has 0 saturated carbocycles. The molecule has 1 aromatic carbocycles. The van der Waals surface area contributed by atoms with Gasteiger partial charge in [-0.15, -0.1) is 0 Å². The van der Waals surface area contributed by atoms with Crippen molar-refractivity contribution >= 4 is 11.0 Å². The van der Waals surface area contributed by atoms with Gasteiger partial charge >= 0.3 is 0 Å². The fourth-order valence-corrected chi connectivity index (χ4v) is 1.49. The third-order valence-corrected chi connectivity index (χ3v) is 2.29. The average Bonchev–Trinajstić information content (AvgIpc) is 2.55. The lowest BCUT2D eigenvalue weighted by Crippen LogP contribution is -2.04. The van der Waals surface area contributed by atoms with Crippen LogP contribution >= 0.6 is 0 Å². The standard InChI is InChI=1S/C10H10N4/c1-14-9-4-7(5-11)2-3-8(9)13-10(14)6-12/h2-4H,6,12H2,1H3. The number of nitrogens with two attached hydrogens (primary N) is 1. The van der Waals surface area contributed by atoms with Gasteiger partial charge in [0.15, 0.2) is 0 Å². The van der Waals surface area contributed by atoms with Crippen molar-refractivity contribution in [3.05, 3.63) is 29.6 Å². The molecular weight excluding hydrogens is 176 g/mol. The summed E-state index contributed by atoms with van der Waals surface area (Å²) in [7, 11) is 1.90. The predicted octanol–water partition coefficient (Wildman–Crippen LogP) is 0.904. The van der Waals surface area contributed by atoms with Crippen molar-refractivity contribution in [3.63, 3.8) is 0 Å². The molecular formula is C10H10N4. The molecule has 2 aromatic rings. The minimum absolute atomic E-state index is 0.410. The predicted molar refractivity (Wildman–Crippen MR) is 53.3 cm³/mol. The van der Waals surface area contributed by atoms with Gasteiger partial charge in [-0.05, 0) is 18.2 Å². The van der Waals surface area contributed by atoms with Crippen LogP contribution in [0.25, 0.3) is 11.0 Å². The SMILES string of the molecule is Cn1c(CN)nc2ccc(C#N)cc21. The Morgan fingerprint density at radius 2 is 2.36 bits per heavy atom. The second kappa shape index (κ2) is 3.13. The van der Waals surface area contributed by atoms with Crippen molar-refractivity contribution in [1.29, 1.82) is 5.26 Å². The largest absolute Gasteiger partial charge is 0.330 e. The van der Waals surface area contributed by atoms with Gasteiger partial charge in [-0.1, -0.05) is 0 Å². The monoisotopic (exact) mass is 186 g/mol. The summed E-state index contributed by atoms with van der Waals surface area (Å²) in [5, 5.41) is 8.75. The van der Waals surface area contributed by atoms with E-state index in [2.05, 4.69) is 11.1 Å². The average molecular weight is 186 g/mol. The number of hydrogen-bond acceptors (Lipinski definition) is 3. The van der Waals surface area contributed by atoms with Gasteiger partial charge in [0.2, 0.25) is 0 Å². The normalized spacial score (nSPS) is 10.4. The maximum atomic E-state index is 8.75. The zero-order chi connectivity index (χ0) is 10.1. The first kappa shape index (κ1) is 8.73. The Morgan fingerprint density at radius 1 is 1.57 bits per heavy atom. The van der Waals surface area contributed by atoms with Crippen LogP contribution in [-0.4, -0.2) is 9.55 Å². The molecule has 4 heteroatoms. The van der Waals surface area contributed by atoms with Crippen molar-refractivity contribution in [2.45, 2.75) is 6.54 Å². The number of hydrogen-bond donors (Lipinski definition) is 1. The summed E-state index contributed by atoms with van der Waals surface area (Å²) in [4.78, 5) is 4.33. The molecule has 2 rings (SSSR count). The molecule has 70 valence electrons. The molecule has 0 atom stereocenters. The Morgan fingerprint density at radius 3 is 3.00 bits per heavy atom. The first-order valence-corrected chi connectivity index (χ1v) is 4.32. The van der Waals surface area contributed by atoms with E-state index in [9.17, 15) is 0 Å². The molecule has 1 heterocycles. The highest BCUT2D eigenvalue weighted by Crippen LogP contribution is 2.15. The van der Waals surface area contributed by atoms with Gasteiger partial charge in [-0.2, -0.15) is 5.26 Å². The van der Waals surface area contributed by atoms with E-state index in [4.69, 9.17) is 11.0 Å². The van der Waals surface area contributed by atoms with Crippen molar-refractivity contribution in [1.82, 2.24) is 9.55 Å². The quantitative estimate of drug-likeness (QED) is 0.719. The van der Waals surface area contributed by atoms with Gasteiger partial charge in [-0.3, -0.25) is 0 Å². The number of nitrogens with zero attached hydrogens (tertiary/aromatic N) is 3. The van der Waals surface area contributed by atoms with Gasteiger partial charge in [0, 0.05) is 7.05 Å². The van der Waals surface area contributed by atoms with Gasteiger partial charge < -0.3 is 10.3 Å². The first-order chi connectivity index (χ1) is 6.76. The zero-order valence-corrected chi connectivity index (χ0v) is 7.86. The summed E-state index contributed by atoms with van der Waals surface area (Å²) in [6.45, 7) is 0.410. The van der Waals surface area contributed by atoms with Crippen LogP contribution < -0.4 is 5.73 Å². The Kier molecular flexibility index (Phi) is 1.95. The highest BCUT2D eigenvalue weighted by atomic mass is 15.1. The molecule has 0 aliphatic rings. The van der Waals surface area contributed by atoms with Gasteiger partial charge in [0.25, 0.3) is 0 Å². The Labute approximate surface area is 81.6 Å². The third-order valence-electron chi connectivity index (χ3n) is 2.29. The number of benzene rings is 1. The van der Waals surface area contributed by atoms with Crippen LogP contribution in [0.5, 0.6) is 0 Å². The Balaban J connectivity index is 2.75. The Bertz CT molecular complexity index is 519. The highest BCUT2D eigenvalue weighted by Gasteiger charge is 2.06. The van der Waals surface area contributed by atoms with E-state index in [-0.39, 0.29) is 0 Å². The lowest BCUT2D eigenvalue weighted by molar-refractivity contribution is 0.813. The molecule has 0 fully saturated rings. The molecule has 0 aliphatic heterocycles. The molecule has 0 spiro atoms. The van der Waals surface area contributed by atoms with Gasteiger partial charge in [-0.25, -0.2) is 4.98 Å². The van der Waals surface area contributed by atoms with E-state index < -0.39 is 0 Å². The highest BCUT2D eigenvalue weighted by molar-refractivity contribution is 5.77. The van der Waals surface area contributed by atoms with Crippen molar-refractivity contribution in [2.24, 2.45) is 12.8 Å². The molecule has 0 amide bonds. The summed E-state index contributed by atoms with van der Waals surface area (Å²) < 4.78 is 1.91. The minimum Gasteiger partial charge on any atom is -0.330 e. The molecule has 14 heavy (non-hydrogen) atoms. The summed E-state index contributed by atoms with van der Waals surface area (Å²) in [6.07, 6.45) is 0. The van der Waals surface area contributed by atoms with Crippen LogP contribution in [-0.2, 0) is 13.6 Å². The number of fused-ring (bicyclic) bond motifs is 1. The van der Waals surface area contributed by atoms with Crippen LogP contribution in [0.3, 0.4) is 0 Å². The fourth-order valence-electron chi connectivity index (χ4n) is 1.49.